The summed E-state index contributed by atoms with van der Waals surface area (Å²) in [6, 6.07) is 14.8. The van der Waals surface area contributed by atoms with Crippen LogP contribution in [-0.4, -0.2) is 14.9 Å². The number of fused-ring (bicyclic) bond motifs is 1. The summed E-state index contributed by atoms with van der Waals surface area (Å²) in [4.78, 5) is 12.0. The summed E-state index contributed by atoms with van der Waals surface area (Å²) < 4.78 is 7.07. The van der Waals surface area contributed by atoms with Crippen LogP contribution in [-0.2, 0) is 7.05 Å². The van der Waals surface area contributed by atoms with Crippen molar-refractivity contribution in [1.82, 2.24) is 9.78 Å². The quantitative estimate of drug-likeness (QED) is 0.566. The number of aromatic nitrogens is 2. The summed E-state index contributed by atoms with van der Waals surface area (Å²) in [6.45, 7) is 1.74. The maximum Gasteiger partial charge on any atom is 0.336 e. The standard InChI is InChI=1S/C20H16N2O3/c1-12-19(24)16(17-8-9-22(2)21-17)10-15-14(11-18(23)25-20(12)15)13-6-4-3-5-7-13/h3-11,24H,1-2H3. The Bertz CT molecular complexity index is 1140. The van der Waals surface area contributed by atoms with Gasteiger partial charge in [0.25, 0.3) is 0 Å². The average Bonchev–Trinajstić information content (AvgIpc) is 3.05. The third-order valence-corrected chi connectivity index (χ3v) is 4.31. The monoisotopic (exact) mass is 332 g/mol. The second kappa shape index (κ2) is 5.63. The van der Waals surface area contributed by atoms with E-state index in [1.54, 1.807) is 11.6 Å². The van der Waals surface area contributed by atoms with Gasteiger partial charge in [0.2, 0.25) is 0 Å². The van der Waals surface area contributed by atoms with E-state index in [4.69, 9.17) is 4.42 Å². The first kappa shape index (κ1) is 15.2. The van der Waals surface area contributed by atoms with Gasteiger partial charge in [0, 0.05) is 35.8 Å². The highest BCUT2D eigenvalue weighted by atomic mass is 16.4. The normalized spacial score (nSPS) is 11.1. The van der Waals surface area contributed by atoms with Crippen LogP contribution in [0.3, 0.4) is 0 Å². The first-order valence-electron chi connectivity index (χ1n) is 7.90. The van der Waals surface area contributed by atoms with Gasteiger partial charge < -0.3 is 9.52 Å². The van der Waals surface area contributed by atoms with Gasteiger partial charge in [0.05, 0.1) is 5.69 Å². The lowest BCUT2D eigenvalue weighted by atomic mass is 9.96. The van der Waals surface area contributed by atoms with Gasteiger partial charge in [0.15, 0.2) is 0 Å². The zero-order valence-corrected chi connectivity index (χ0v) is 13.9. The van der Waals surface area contributed by atoms with Crippen LogP contribution in [0.25, 0.3) is 33.4 Å². The Kier molecular flexibility index (Phi) is 3.42. The molecule has 5 nitrogen and oxygen atoms in total. The van der Waals surface area contributed by atoms with Crippen molar-refractivity contribution < 1.29 is 9.52 Å². The van der Waals surface area contributed by atoms with Crippen molar-refractivity contribution in [2.75, 3.05) is 0 Å². The van der Waals surface area contributed by atoms with Gasteiger partial charge in [-0.15, -0.1) is 0 Å². The molecule has 0 bridgehead atoms. The third-order valence-electron chi connectivity index (χ3n) is 4.31. The van der Waals surface area contributed by atoms with Gasteiger partial charge in [-0.1, -0.05) is 30.3 Å². The molecule has 0 fully saturated rings. The zero-order chi connectivity index (χ0) is 17.6. The summed E-state index contributed by atoms with van der Waals surface area (Å²) in [6.07, 6.45) is 1.82. The van der Waals surface area contributed by atoms with Crippen LogP contribution in [0, 0.1) is 6.92 Å². The molecule has 0 aliphatic rings. The Labute approximate surface area is 143 Å². The van der Waals surface area contributed by atoms with E-state index < -0.39 is 5.63 Å². The number of benzene rings is 2. The molecule has 1 N–H and O–H groups in total. The Morgan fingerprint density at radius 2 is 1.84 bits per heavy atom. The SMILES string of the molecule is Cc1c(O)c(-c2ccn(C)n2)cc2c(-c3ccccc3)cc(=O)oc12. The number of hydrogen-bond acceptors (Lipinski definition) is 4. The molecule has 0 saturated heterocycles. The molecule has 4 rings (SSSR count). The third kappa shape index (κ3) is 2.50. The van der Waals surface area contributed by atoms with E-state index >= 15 is 0 Å². The Balaban J connectivity index is 2.10. The summed E-state index contributed by atoms with van der Waals surface area (Å²) in [7, 11) is 1.82. The molecule has 0 amide bonds. The van der Waals surface area contributed by atoms with Crippen LogP contribution in [0.5, 0.6) is 5.75 Å². The smallest absolute Gasteiger partial charge is 0.336 e. The highest BCUT2D eigenvalue weighted by Gasteiger charge is 2.18. The highest BCUT2D eigenvalue weighted by Crippen LogP contribution is 2.39. The Hall–Kier alpha value is -3.34. The maximum absolute atomic E-state index is 12.0. The van der Waals surface area contributed by atoms with E-state index in [9.17, 15) is 9.90 Å². The van der Waals surface area contributed by atoms with Crippen molar-refractivity contribution >= 4 is 11.0 Å². The molecule has 2 aromatic carbocycles. The summed E-state index contributed by atoms with van der Waals surface area (Å²) in [5.41, 5.74) is 3.42. The lowest BCUT2D eigenvalue weighted by molar-refractivity contribution is 0.470. The molecule has 4 aromatic rings. The van der Waals surface area contributed by atoms with Gasteiger partial charge in [-0.2, -0.15) is 5.10 Å². The van der Waals surface area contributed by atoms with Gasteiger partial charge in [0.1, 0.15) is 11.3 Å². The van der Waals surface area contributed by atoms with Crippen molar-refractivity contribution in [2.24, 2.45) is 7.05 Å². The number of hydrogen-bond donors (Lipinski definition) is 1. The van der Waals surface area contributed by atoms with Crippen LogP contribution >= 0.6 is 0 Å². The maximum atomic E-state index is 12.0. The van der Waals surface area contributed by atoms with Crippen LogP contribution < -0.4 is 5.63 Å². The first-order chi connectivity index (χ1) is 12.0. The molecule has 0 spiro atoms. The number of aryl methyl sites for hydroxylation is 2. The summed E-state index contributed by atoms with van der Waals surface area (Å²) in [5.74, 6) is 0.0690. The van der Waals surface area contributed by atoms with E-state index in [-0.39, 0.29) is 5.75 Å². The van der Waals surface area contributed by atoms with Crippen molar-refractivity contribution in [3.63, 3.8) is 0 Å². The Morgan fingerprint density at radius 3 is 2.52 bits per heavy atom. The fourth-order valence-electron chi connectivity index (χ4n) is 3.06. The van der Waals surface area contributed by atoms with Crippen LogP contribution in [0.1, 0.15) is 5.56 Å². The number of aromatic hydroxyl groups is 1. The number of nitrogens with zero attached hydrogens (tertiary/aromatic N) is 2. The van der Waals surface area contributed by atoms with Crippen LogP contribution in [0.4, 0.5) is 0 Å². The molecule has 2 aromatic heterocycles. The fraction of sp³-hybridized carbons (Fsp3) is 0.100. The molecular formula is C20H16N2O3. The predicted molar refractivity (Wildman–Crippen MR) is 96.5 cm³/mol. The van der Waals surface area contributed by atoms with Gasteiger partial charge >= 0.3 is 5.63 Å². The van der Waals surface area contributed by atoms with Gasteiger partial charge in [-0.3, -0.25) is 4.68 Å². The van der Waals surface area contributed by atoms with E-state index in [1.165, 1.54) is 6.07 Å². The molecule has 2 heterocycles. The largest absolute Gasteiger partial charge is 0.507 e. The predicted octanol–water partition coefficient (Wildman–Crippen LogP) is 3.87. The van der Waals surface area contributed by atoms with E-state index in [0.29, 0.717) is 22.4 Å². The van der Waals surface area contributed by atoms with Crippen molar-refractivity contribution in [3.8, 4) is 28.1 Å². The number of phenolic OH excluding ortho intramolecular Hbond substituents is 1. The van der Waals surface area contributed by atoms with Crippen LogP contribution in [0.2, 0.25) is 0 Å². The van der Waals surface area contributed by atoms with Gasteiger partial charge in [-0.05, 0) is 30.2 Å². The second-order valence-corrected chi connectivity index (χ2v) is 5.99. The summed E-state index contributed by atoms with van der Waals surface area (Å²) in [5, 5.41) is 15.7. The van der Waals surface area contributed by atoms with Crippen molar-refractivity contribution in [3.05, 3.63) is 70.7 Å². The molecule has 124 valence electrons. The minimum absolute atomic E-state index is 0.0690. The molecule has 0 radical (unpaired) electrons. The first-order valence-corrected chi connectivity index (χ1v) is 7.90. The van der Waals surface area contributed by atoms with E-state index in [1.807, 2.05) is 55.7 Å². The van der Waals surface area contributed by atoms with Crippen molar-refractivity contribution in [1.29, 1.82) is 0 Å². The molecule has 0 unspecified atom stereocenters. The molecule has 0 aliphatic heterocycles. The van der Waals surface area contributed by atoms with E-state index in [0.717, 1.165) is 16.5 Å². The minimum atomic E-state index is -0.445. The number of phenols is 1. The van der Waals surface area contributed by atoms with Crippen molar-refractivity contribution in [2.45, 2.75) is 6.92 Å². The molecule has 0 atom stereocenters. The lowest BCUT2D eigenvalue weighted by Gasteiger charge is -2.12. The molecule has 0 saturated carbocycles. The fourth-order valence-corrected chi connectivity index (χ4v) is 3.06. The van der Waals surface area contributed by atoms with E-state index in [2.05, 4.69) is 5.10 Å². The minimum Gasteiger partial charge on any atom is -0.507 e. The lowest BCUT2D eigenvalue weighted by Crippen LogP contribution is -2.00. The van der Waals surface area contributed by atoms with Crippen LogP contribution in [0.15, 0.2) is 63.9 Å². The highest BCUT2D eigenvalue weighted by molar-refractivity contribution is 5.99. The van der Waals surface area contributed by atoms with Gasteiger partial charge in [-0.25, -0.2) is 4.79 Å². The average molecular weight is 332 g/mol. The molecule has 25 heavy (non-hydrogen) atoms. The molecule has 5 heteroatoms. The number of rotatable bonds is 2. The topological polar surface area (TPSA) is 68.3 Å². The molecular weight excluding hydrogens is 316 g/mol. The second-order valence-electron chi connectivity index (χ2n) is 5.99. The summed E-state index contributed by atoms with van der Waals surface area (Å²) >= 11 is 0. The zero-order valence-electron chi connectivity index (χ0n) is 13.9. The molecule has 0 aliphatic carbocycles. The Morgan fingerprint density at radius 1 is 1.08 bits per heavy atom.